The number of amides is 2. The summed E-state index contributed by atoms with van der Waals surface area (Å²) in [6.07, 6.45) is 0. The number of nitrogens with one attached hydrogen (secondary N) is 1. The average Bonchev–Trinajstić information content (AvgIpc) is 2.29. The predicted octanol–water partition coefficient (Wildman–Crippen LogP) is 2.13. The number of nitrogens with zero attached hydrogens (tertiary/aromatic N) is 1. The Morgan fingerprint density at radius 1 is 1.22 bits per heavy atom. The Hall–Kier alpha value is -2.15. The van der Waals surface area contributed by atoms with Crippen molar-refractivity contribution in [3.63, 3.8) is 0 Å². The van der Waals surface area contributed by atoms with Crippen LogP contribution in [0.25, 0.3) is 0 Å². The molecule has 18 heavy (non-hydrogen) atoms. The molecule has 0 aliphatic heterocycles. The van der Waals surface area contributed by atoms with Crippen molar-refractivity contribution in [2.24, 2.45) is 11.3 Å². The van der Waals surface area contributed by atoms with Crippen molar-refractivity contribution >= 4 is 11.8 Å². The molecule has 4 nitrogen and oxygen atoms in total. The Bertz CT molecular complexity index is 481. The minimum atomic E-state index is -0.856. The standard InChI is InChI=1S/C14H16N2O2/c1-14(2,3)11(9-15)13(18)16-12(17)10-7-5-4-6-8-10/h4-8,11H,1-3H3,(H,16,17,18). The van der Waals surface area contributed by atoms with E-state index in [4.69, 9.17) is 5.26 Å². The molecular formula is C14H16N2O2. The van der Waals surface area contributed by atoms with Crippen molar-refractivity contribution in [2.45, 2.75) is 20.8 Å². The Morgan fingerprint density at radius 3 is 2.22 bits per heavy atom. The maximum absolute atomic E-state index is 11.9. The molecule has 1 unspecified atom stereocenters. The first kappa shape index (κ1) is 13.9. The van der Waals surface area contributed by atoms with Gasteiger partial charge in [-0.05, 0) is 17.5 Å². The van der Waals surface area contributed by atoms with E-state index in [9.17, 15) is 9.59 Å². The Labute approximate surface area is 107 Å². The van der Waals surface area contributed by atoms with Gasteiger partial charge in [0.2, 0.25) is 5.91 Å². The van der Waals surface area contributed by atoms with E-state index < -0.39 is 23.1 Å². The second kappa shape index (κ2) is 5.46. The summed E-state index contributed by atoms with van der Waals surface area (Å²) in [4.78, 5) is 23.6. The first-order chi connectivity index (χ1) is 8.36. The van der Waals surface area contributed by atoms with Crippen LogP contribution in [0.2, 0.25) is 0 Å². The highest BCUT2D eigenvalue weighted by Gasteiger charge is 2.32. The van der Waals surface area contributed by atoms with E-state index in [2.05, 4.69) is 5.32 Å². The highest BCUT2D eigenvalue weighted by Crippen LogP contribution is 2.25. The molecule has 1 N–H and O–H groups in total. The van der Waals surface area contributed by atoms with Crippen molar-refractivity contribution in [3.8, 4) is 6.07 Å². The normalized spacial score (nSPS) is 12.3. The average molecular weight is 244 g/mol. The van der Waals surface area contributed by atoms with E-state index in [-0.39, 0.29) is 0 Å². The van der Waals surface area contributed by atoms with Crippen molar-refractivity contribution in [1.29, 1.82) is 5.26 Å². The van der Waals surface area contributed by atoms with Gasteiger partial charge in [0.25, 0.3) is 5.91 Å². The summed E-state index contributed by atoms with van der Waals surface area (Å²) in [5.74, 6) is -1.89. The largest absolute Gasteiger partial charge is 0.291 e. The molecule has 0 saturated heterocycles. The fourth-order valence-electron chi connectivity index (χ4n) is 1.49. The molecule has 2 amide bonds. The van der Waals surface area contributed by atoms with Gasteiger partial charge in [-0.25, -0.2) is 0 Å². The van der Waals surface area contributed by atoms with Crippen LogP contribution in [0.3, 0.4) is 0 Å². The second-order valence-corrected chi connectivity index (χ2v) is 5.11. The molecule has 0 fully saturated rings. The maximum Gasteiger partial charge on any atom is 0.257 e. The number of nitriles is 1. The molecule has 0 aliphatic carbocycles. The number of carbonyl (C=O) groups is 2. The Balaban J connectivity index is 2.78. The summed E-state index contributed by atoms with van der Waals surface area (Å²) in [7, 11) is 0. The number of carbonyl (C=O) groups excluding carboxylic acids is 2. The van der Waals surface area contributed by atoms with E-state index in [1.54, 1.807) is 51.1 Å². The zero-order valence-corrected chi connectivity index (χ0v) is 10.7. The van der Waals surface area contributed by atoms with E-state index in [0.717, 1.165) is 0 Å². The lowest BCUT2D eigenvalue weighted by Gasteiger charge is -2.23. The highest BCUT2D eigenvalue weighted by molar-refractivity contribution is 6.05. The van der Waals surface area contributed by atoms with Crippen molar-refractivity contribution in [1.82, 2.24) is 5.32 Å². The summed E-state index contributed by atoms with van der Waals surface area (Å²) >= 11 is 0. The highest BCUT2D eigenvalue weighted by atomic mass is 16.2. The molecule has 0 bridgehead atoms. The lowest BCUT2D eigenvalue weighted by atomic mass is 9.81. The Kier molecular flexibility index (Phi) is 4.22. The van der Waals surface area contributed by atoms with Gasteiger partial charge in [-0.15, -0.1) is 0 Å². The van der Waals surface area contributed by atoms with Gasteiger partial charge in [0, 0.05) is 5.56 Å². The fraction of sp³-hybridized carbons (Fsp3) is 0.357. The van der Waals surface area contributed by atoms with E-state index in [0.29, 0.717) is 5.56 Å². The molecule has 1 aromatic rings. The van der Waals surface area contributed by atoms with Crippen LogP contribution < -0.4 is 5.32 Å². The van der Waals surface area contributed by atoms with Gasteiger partial charge < -0.3 is 0 Å². The maximum atomic E-state index is 11.9. The van der Waals surface area contributed by atoms with Crippen LogP contribution in [0.1, 0.15) is 31.1 Å². The summed E-state index contributed by atoms with van der Waals surface area (Å²) in [5, 5.41) is 11.2. The van der Waals surface area contributed by atoms with Gasteiger partial charge in [0.1, 0.15) is 5.92 Å². The number of benzene rings is 1. The summed E-state index contributed by atoms with van der Waals surface area (Å²) in [6, 6.07) is 10.4. The van der Waals surface area contributed by atoms with Crippen LogP contribution in [0.4, 0.5) is 0 Å². The molecule has 0 saturated carbocycles. The SMILES string of the molecule is CC(C)(C)C(C#N)C(=O)NC(=O)c1ccccc1. The van der Waals surface area contributed by atoms with Crippen molar-refractivity contribution < 1.29 is 9.59 Å². The number of imide groups is 1. The van der Waals surface area contributed by atoms with E-state index >= 15 is 0 Å². The van der Waals surface area contributed by atoms with Gasteiger partial charge in [-0.2, -0.15) is 5.26 Å². The number of hydrogen-bond acceptors (Lipinski definition) is 3. The summed E-state index contributed by atoms with van der Waals surface area (Å²) in [5.41, 5.74) is -0.105. The van der Waals surface area contributed by atoms with Crippen LogP contribution in [0, 0.1) is 22.7 Å². The van der Waals surface area contributed by atoms with Gasteiger partial charge in [-0.1, -0.05) is 39.0 Å². The third-order valence-corrected chi connectivity index (χ3v) is 2.53. The minimum absolute atomic E-state index is 0.399. The molecule has 1 aromatic carbocycles. The Morgan fingerprint density at radius 2 is 1.78 bits per heavy atom. The topological polar surface area (TPSA) is 70.0 Å². The lowest BCUT2D eigenvalue weighted by molar-refractivity contribution is -0.124. The predicted molar refractivity (Wildman–Crippen MR) is 67.5 cm³/mol. The van der Waals surface area contributed by atoms with Gasteiger partial charge in [-0.3, -0.25) is 14.9 Å². The molecule has 0 aliphatic rings. The lowest BCUT2D eigenvalue weighted by Crippen LogP contribution is -2.40. The summed E-state index contributed by atoms with van der Waals surface area (Å²) < 4.78 is 0. The third-order valence-electron chi connectivity index (χ3n) is 2.53. The van der Waals surface area contributed by atoms with Gasteiger partial charge in [0.15, 0.2) is 0 Å². The first-order valence-electron chi connectivity index (χ1n) is 5.66. The number of rotatable bonds is 2. The molecular weight excluding hydrogens is 228 g/mol. The summed E-state index contributed by atoms with van der Waals surface area (Å²) in [6.45, 7) is 5.36. The van der Waals surface area contributed by atoms with Gasteiger partial charge in [0.05, 0.1) is 6.07 Å². The molecule has 0 heterocycles. The molecule has 4 heteroatoms. The number of hydrogen-bond donors (Lipinski definition) is 1. The van der Waals surface area contributed by atoms with Crippen LogP contribution in [0.15, 0.2) is 30.3 Å². The van der Waals surface area contributed by atoms with E-state index in [1.165, 1.54) is 0 Å². The van der Waals surface area contributed by atoms with Gasteiger partial charge >= 0.3 is 0 Å². The molecule has 1 atom stereocenters. The monoisotopic (exact) mass is 244 g/mol. The van der Waals surface area contributed by atoms with Crippen molar-refractivity contribution in [2.75, 3.05) is 0 Å². The minimum Gasteiger partial charge on any atom is -0.291 e. The molecule has 0 spiro atoms. The second-order valence-electron chi connectivity index (χ2n) is 5.11. The van der Waals surface area contributed by atoms with Crippen molar-refractivity contribution in [3.05, 3.63) is 35.9 Å². The first-order valence-corrected chi connectivity index (χ1v) is 5.66. The molecule has 1 rings (SSSR count). The van der Waals surface area contributed by atoms with E-state index in [1.807, 2.05) is 6.07 Å². The smallest absolute Gasteiger partial charge is 0.257 e. The van der Waals surface area contributed by atoms with Crippen LogP contribution in [0.5, 0.6) is 0 Å². The van der Waals surface area contributed by atoms with Crippen LogP contribution in [-0.2, 0) is 4.79 Å². The zero-order chi connectivity index (χ0) is 13.8. The molecule has 0 aromatic heterocycles. The van der Waals surface area contributed by atoms with Crippen LogP contribution in [-0.4, -0.2) is 11.8 Å². The molecule has 94 valence electrons. The van der Waals surface area contributed by atoms with Crippen LogP contribution >= 0.6 is 0 Å². The zero-order valence-electron chi connectivity index (χ0n) is 10.7. The third kappa shape index (κ3) is 3.42. The fourth-order valence-corrected chi connectivity index (χ4v) is 1.49. The molecule has 0 radical (unpaired) electrons. The quantitative estimate of drug-likeness (QED) is 0.866.